The van der Waals surface area contributed by atoms with Crippen LogP contribution >= 0.6 is 0 Å². The molecular weight excluding hydrogens is 282 g/mol. The Morgan fingerprint density at radius 1 is 1.05 bits per heavy atom. The van der Waals surface area contributed by atoms with Crippen LogP contribution in [0.2, 0.25) is 0 Å². The van der Waals surface area contributed by atoms with Gasteiger partial charge < -0.3 is 14.4 Å². The van der Waals surface area contributed by atoms with Gasteiger partial charge in [0.05, 0.1) is 18.2 Å². The molecule has 0 spiro atoms. The minimum atomic E-state index is -0.518. The van der Waals surface area contributed by atoms with Crippen LogP contribution in [0.25, 0.3) is 0 Å². The van der Waals surface area contributed by atoms with Gasteiger partial charge in [-0.3, -0.25) is 0 Å². The number of esters is 2. The number of methoxy groups -OCH3 is 1. The molecule has 5 nitrogen and oxygen atoms in total. The summed E-state index contributed by atoms with van der Waals surface area (Å²) in [6, 6.07) is 7.64. The van der Waals surface area contributed by atoms with Crippen molar-refractivity contribution in [1.82, 2.24) is 4.90 Å². The van der Waals surface area contributed by atoms with Crippen molar-refractivity contribution < 1.29 is 19.1 Å². The van der Waals surface area contributed by atoms with Gasteiger partial charge in [-0.1, -0.05) is 12.1 Å². The molecule has 0 radical (unpaired) electrons. The Labute approximate surface area is 130 Å². The fourth-order valence-electron chi connectivity index (χ4n) is 3.62. The van der Waals surface area contributed by atoms with Crippen LogP contribution in [-0.4, -0.2) is 49.2 Å². The number of piperidine rings is 1. The summed E-state index contributed by atoms with van der Waals surface area (Å²) in [4.78, 5) is 26.6. The van der Waals surface area contributed by atoms with E-state index in [1.807, 2.05) is 0 Å². The summed E-state index contributed by atoms with van der Waals surface area (Å²) >= 11 is 0. The number of rotatable bonds is 3. The molecule has 0 amide bonds. The standard InChI is InChI=1S/C17H21NO4/c1-18-11-7-8-12(18)10-13(9-11)22-17(20)15-6-4-3-5-14(15)16(19)21-2/h3-6,11-13H,7-10H2,1-2H3/t11-,12+,13?. The fraction of sp³-hybridized carbons (Fsp3) is 0.529. The summed E-state index contributed by atoms with van der Waals surface area (Å²) < 4.78 is 10.4. The van der Waals surface area contributed by atoms with E-state index in [9.17, 15) is 9.59 Å². The van der Waals surface area contributed by atoms with Crippen LogP contribution in [0.1, 0.15) is 46.4 Å². The molecule has 118 valence electrons. The minimum Gasteiger partial charge on any atom is -0.465 e. The van der Waals surface area contributed by atoms with Gasteiger partial charge in [-0.25, -0.2) is 9.59 Å². The molecule has 1 aromatic rings. The number of benzene rings is 1. The third-order valence-electron chi connectivity index (χ3n) is 4.88. The number of hydrogen-bond donors (Lipinski definition) is 0. The van der Waals surface area contributed by atoms with Crippen LogP contribution in [0, 0.1) is 0 Å². The highest BCUT2D eigenvalue weighted by Crippen LogP contribution is 2.35. The average molecular weight is 303 g/mol. The van der Waals surface area contributed by atoms with Crippen molar-refractivity contribution in [2.24, 2.45) is 0 Å². The maximum Gasteiger partial charge on any atom is 0.339 e. The highest BCUT2D eigenvalue weighted by molar-refractivity contribution is 6.03. The first kappa shape index (κ1) is 15.0. The molecule has 2 heterocycles. The molecule has 0 aliphatic carbocycles. The third kappa shape index (κ3) is 2.73. The zero-order valence-electron chi connectivity index (χ0n) is 13.0. The lowest BCUT2D eigenvalue weighted by molar-refractivity contribution is -0.000741. The molecule has 5 heteroatoms. The van der Waals surface area contributed by atoms with Gasteiger partial charge in [0.15, 0.2) is 0 Å². The van der Waals surface area contributed by atoms with Gasteiger partial charge in [-0.05, 0) is 32.0 Å². The zero-order valence-corrected chi connectivity index (χ0v) is 13.0. The van der Waals surface area contributed by atoms with Crippen molar-refractivity contribution in [3.63, 3.8) is 0 Å². The fourth-order valence-corrected chi connectivity index (χ4v) is 3.62. The highest BCUT2D eigenvalue weighted by Gasteiger charge is 2.40. The smallest absolute Gasteiger partial charge is 0.339 e. The van der Waals surface area contributed by atoms with Gasteiger partial charge in [-0.15, -0.1) is 0 Å². The van der Waals surface area contributed by atoms with E-state index in [0.29, 0.717) is 12.1 Å². The van der Waals surface area contributed by atoms with Gasteiger partial charge in [-0.2, -0.15) is 0 Å². The molecule has 3 atom stereocenters. The van der Waals surface area contributed by atoms with E-state index in [1.54, 1.807) is 24.3 Å². The van der Waals surface area contributed by atoms with E-state index in [2.05, 4.69) is 11.9 Å². The average Bonchev–Trinajstić information content (AvgIpc) is 2.76. The van der Waals surface area contributed by atoms with Crippen molar-refractivity contribution in [1.29, 1.82) is 0 Å². The molecular formula is C17H21NO4. The Morgan fingerprint density at radius 3 is 2.14 bits per heavy atom. The van der Waals surface area contributed by atoms with E-state index < -0.39 is 11.9 Å². The topological polar surface area (TPSA) is 55.8 Å². The number of nitrogens with zero attached hydrogens (tertiary/aromatic N) is 1. The second-order valence-corrected chi connectivity index (χ2v) is 6.09. The summed E-state index contributed by atoms with van der Waals surface area (Å²) in [5, 5.41) is 0. The van der Waals surface area contributed by atoms with Gasteiger partial charge in [0.1, 0.15) is 6.10 Å². The lowest BCUT2D eigenvalue weighted by Gasteiger charge is -2.35. The molecule has 2 saturated heterocycles. The van der Waals surface area contributed by atoms with Gasteiger partial charge in [0.2, 0.25) is 0 Å². The van der Waals surface area contributed by atoms with E-state index in [-0.39, 0.29) is 17.2 Å². The van der Waals surface area contributed by atoms with E-state index in [1.165, 1.54) is 20.0 Å². The van der Waals surface area contributed by atoms with Crippen LogP contribution < -0.4 is 0 Å². The molecule has 3 rings (SSSR count). The second-order valence-electron chi connectivity index (χ2n) is 6.09. The van der Waals surface area contributed by atoms with Crippen molar-refractivity contribution in [2.45, 2.75) is 43.9 Å². The van der Waals surface area contributed by atoms with Crippen LogP contribution in [0.3, 0.4) is 0 Å². The number of ether oxygens (including phenoxy) is 2. The molecule has 2 bridgehead atoms. The summed E-state index contributed by atoms with van der Waals surface area (Å²) in [6.07, 6.45) is 4.03. The van der Waals surface area contributed by atoms with Gasteiger partial charge >= 0.3 is 11.9 Å². The minimum absolute atomic E-state index is 0.0631. The summed E-state index contributed by atoms with van der Waals surface area (Å²) in [7, 11) is 3.45. The van der Waals surface area contributed by atoms with Crippen LogP contribution in [-0.2, 0) is 9.47 Å². The number of hydrogen-bond acceptors (Lipinski definition) is 5. The summed E-state index contributed by atoms with van der Waals surface area (Å²) in [5.41, 5.74) is 0.534. The van der Waals surface area contributed by atoms with Crippen LogP contribution in [0.4, 0.5) is 0 Å². The van der Waals surface area contributed by atoms with E-state index in [4.69, 9.17) is 9.47 Å². The highest BCUT2D eigenvalue weighted by atomic mass is 16.5. The lowest BCUT2D eigenvalue weighted by atomic mass is 10.0. The number of carbonyl (C=O) groups is 2. The Hall–Kier alpha value is -1.88. The maximum atomic E-state index is 12.4. The molecule has 0 N–H and O–H groups in total. The Kier molecular flexibility index (Phi) is 4.16. The SMILES string of the molecule is COC(=O)c1ccccc1C(=O)OC1C[C@H]2CC[C@@H](C1)N2C. The molecule has 2 fully saturated rings. The quantitative estimate of drug-likeness (QED) is 0.802. The second kappa shape index (κ2) is 6.08. The van der Waals surface area contributed by atoms with Crippen LogP contribution in [0.5, 0.6) is 0 Å². The van der Waals surface area contributed by atoms with Crippen molar-refractivity contribution in [2.75, 3.05) is 14.2 Å². The van der Waals surface area contributed by atoms with Crippen molar-refractivity contribution >= 4 is 11.9 Å². The summed E-state index contributed by atoms with van der Waals surface area (Å²) in [5.74, 6) is -0.953. The molecule has 2 aliphatic rings. The number of fused-ring (bicyclic) bond motifs is 2. The Bertz CT molecular complexity index is 572. The van der Waals surface area contributed by atoms with Crippen LogP contribution in [0.15, 0.2) is 24.3 Å². The largest absolute Gasteiger partial charge is 0.465 e. The molecule has 22 heavy (non-hydrogen) atoms. The molecule has 0 saturated carbocycles. The van der Waals surface area contributed by atoms with Gasteiger partial charge in [0.25, 0.3) is 0 Å². The number of carbonyl (C=O) groups excluding carboxylic acids is 2. The monoisotopic (exact) mass is 303 g/mol. The first-order chi connectivity index (χ1) is 10.6. The molecule has 0 aromatic heterocycles. The molecule has 2 aliphatic heterocycles. The maximum absolute atomic E-state index is 12.4. The Morgan fingerprint density at radius 2 is 1.59 bits per heavy atom. The molecule has 1 aromatic carbocycles. The predicted molar refractivity (Wildman–Crippen MR) is 80.8 cm³/mol. The first-order valence-corrected chi connectivity index (χ1v) is 7.70. The van der Waals surface area contributed by atoms with Gasteiger partial charge in [0, 0.05) is 24.9 Å². The predicted octanol–water partition coefficient (Wildman–Crippen LogP) is 2.26. The normalized spacial score (nSPS) is 27.5. The zero-order chi connectivity index (χ0) is 15.7. The summed E-state index contributed by atoms with van der Waals surface area (Å²) in [6.45, 7) is 0. The first-order valence-electron chi connectivity index (χ1n) is 7.70. The van der Waals surface area contributed by atoms with Crippen molar-refractivity contribution in [3.8, 4) is 0 Å². The van der Waals surface area contributed by atoms with E-state index in [0.717, 1.165) is 12.8 Å². The van der Waals surface area contributed by atoms with E-state index >= 15 is 0 Å². The lowest BCUT2D eigenvalue weighted by Crippen LogP contribution is -2.43. The molecule has 1 unspecified atom stereocenters. The Balaban J connectivity index is 1.72. The third-order valence-corrected chi connectivity index (χ3v) is 4.88. The van der Waals surface area contributed by atoms with Crippen molar-refractivity contribution in [3.05, 3.63) is 35.4 Å².